The van der Waals surface area contributed by atoms with Crippen molar-refractivity contribution < 1.29 is 23.2 Å². The number of likely N-dealkylation sites (tertiary alicyclic amines) is 1. The lowest BCUT2D eigenvalue weighted by Crippen LogP contribution is -2.33. The monoisotopic (exact) mass is 438 g/mol. The third kappa shape index (κ3) is 5.60. The lowest BCUT2D eigenvalue weighted by Gasteiger charge is -2.30. The van der Waals surface area contributed by atoms with Gasteiger partial charge in [0.15, 0.2) is 18.2 Å². The summed E-state index contributed by atoms with van der Waals surface area (Å²) in [5.74, 6) is 0.741. The minimum Gasteiger partial charge on any atom is -0.468 e. The maximum absolute atomic E-state index is 13.3. The van der Waals surface area contributed by atoms with Gasteiger partial charge in [-0.15, -0.1) is 0 Å². The van der Waals surface area contributed by atoms with E-state index >= 15 is 0 Å². The zero-order valence-electron chi connectivity index (χ0n) is 18.1. The Bertz CT molecular complexity index is 1070. The van der Waals surface area contributed by atoms with Gasteiger partial charge in [0.05, 0.1) is 12.3 Å². The maximum Gasteiger partial charge on any atom is 0.189 e. The van der Waals surface area contributed by atoms with E-state index in [0.29, 0.717) is 29.4 Å². The highest BCUT2D eigenvalue weighted by Gasteiger charge is 2.24. The molecule has 0 amide bonds. The molecule has 6 nitrogen and oxygen atoms in total. The Morgan fingerprint density at radius 2 is 1.97 bits per heavy atom. The molecular formula is C25H27FN2O4. The van der Waals surface area contributed by atoms with Crippen LogP contribution in [0.1, 0.15) is 41.7 Å². The Morgan fingerprint density at radius 1 is 1.19 bits per heavy atom. The van der Waals surface area contributed by atoms with E-state index in [1.807, 2.05) is 6.08 Å². The van der Waals surface area contributed by atoms with Crippen molar-refractivity contribution in [3.63, 3.8) is 0 Å². The van der Waals surface area contributed by atoms with Crippen LogP contribution in [0.3, 0.4) is 0 Å². The molecule has 0 aliphatic carbocycles. The SMILES string of the molecule is CC(=O)c1ccc(OCOC/C=C\CN2CCC(c3noc4cc(F)ccc34)CC2)cc1. The molecule has 0 spiro atoms. The molecule has 4 rings (SSSR count). The van der Waals surface area contributed by atoms with Gasteiger partial charge in [0.25, 0.3) is 0 Å². The van der Waals surface area contributed by atoms with E-state index in [1.54, 1.807) is 30.3 Å². The van der Waals surface area contributed by atoms with Gasteiger partial charge in [0.2, 0.25) is 0 Å². The van der Waals surface area contributed by atoms with Crippen molar-refractivity contribution in [2.24, 2.45) is 0 Å². The summed E-state index contributed by atoms with van der Waals surface area (Å²) in [5, 5.41) is 5.12. The number of aromatic nitrogens is 1. The minimum absolute atomic E-state index is 0.0329. The van der Waals surface area contributed by atoms with E-state index in [-0.39, 0.29) is 18.4 Å². The summed E-state index contributed by atoms with van der Waals surface area (Å²) in [5.41, 5.74) is 2.12. The molecule has 1 aliphatic rings. The first-order chi connectivity index (χ1) is 15.6. The van der Waals surface area contributed by atoms with Crippen LogP contribution in [0.15, 0.2) is 59.1 Å². The van der Waals surface area contributed by atoms with E-state index in [0.717, 1.165) is 43.6 Å². The molecule has 0 atom stereocenters. The maximum atomic E-state index is 13.3. The van der Waals surface area contributed by atoms with Crippen LogP contribution in [0.2, 0.25) is 0 Å². The molecule has 1 saturated heterocycles. The molecule has 0 saturated carbocycles. The van der Waals surface area contributed by atoms with Gasteiger partial charge in [-0.2, -0.15) is 0 Å². The Morgan fingerprint density at radius 3 is 2.72 bits per heavy atom. The molecule has 0 N–H and O–H groups in total. The van der Waals surface area contributed by atoms with Crippen LogP contribution in [0.5, 0.6) is 5.75 Å². The van der Waals surface area contributed by atoms with E-state index in [4.69, 9.17) is 14.0 Å². The number of nitrogens with zero attached hydrogens (tertiary/aromatic N) is 2. The first-order valence-electron chi connectivity index (χ1n) is 10.8. The molecule has 1 fully saturated rings. The number of rotatable bonds is 9. The van der Waals surface area contributed by atoms with Crippen molar-refractivity contribution in [3.05, 3.63) is 71.7 Å². The largest absolute Gasteiger partial charge is 0.468 e. The Labute approximate surface area is 186 Å². The van der Waals surface area contributed by atoms with Gasteiger partial charge in [-0.05, 0) is 69.3 Å². The Hall–Kier alpha value is -3.03. The zero-order valence-corrected chi connectivity index (χ0v) is 18.1. The van der Waals surface area contributed by atoms with Gasteiger partial charge < -0.3 is 14.0 Å². The number of carbonyl (C=O) groups is 1. The van der Waals surface area contributed by atoms with Gasteiger partial charge in [0.1, 0.15) is 11.6 Å². The van der Waals surface area contributed by atoms with Crippen LogP contribution >= 0.6 is 0 Å². The number of carbonyl (C=O) groups excluding carboxylic acids is 1. The van der Waals surface area contributed by atoms with E-state index in [2.05, 4.69) is 16.1 Å². The molecule has 168 valence electrons. The number of fused-ring (bicyclic) bond motifs is 1. The fraction of sp³-hybridized carbons (Fsp3) is 0.360. The summed E-state index contributed by atoms with van der Waals surface area (Å²) < 4.78 is 29.6. The average molecular weight is 438 g/mol. The normalized spacial score (nSPS) is 15.6. The molecule has 0 bridgehead atoms. The van der Waals surface area contributed by atoms with E-state index in [1.165, 1.54) is 19.1 Å². The fourth-order valence-corrected chi connectivity index (χ4v) is 3.92. The lowest BCUT2D eigenvalue weighted by atomic mass is 9.91. The smallest absolute Gasteiger partial charge is 0.189 e. The van der Waals surface area contributed by atoms with Gasteiger partial charge >= 0.3 is 0 Å². The number of ketones is 1. The summed E-state index contributed by atoms with van der Waals surface area (Å²) in [6, 6.07) is 11.6. The molecule has 32 heavy (non-hydrogen) atoms. The van der Waals surface area contributed by atoms with Gasteiger partial charge in [-0.1, -0.05) is 17.3 Å². The van der Waals surface area contributed by atoms with Crippen molar-refractivity contribution >= 4 is 16.8 Å². The summed E-state index contributed by atoms with van der Waals surface area (Å²) >= 11 is 0. The molecule has 1 aliphatic heterocycles. The zero-order chi connectivity index (χ0) is 22.3. The number of benzene rings is 2. The molecular weight excluding hydrogens is 411 g/mol. The quantitative estimate of drug-likeness (QED) is 0.204. The molecule has 2 heterocycles. The van der Waals surface area contributed by atoms with Crippen molar-refractivity contribution in [2.75, 3.05) is 33.0 Å². The summed E-state index contributed by atoms with van der Waals surface area (Å²) in [4.78, 5) is 13.7. The van der Waals surface area contributed by atoms with Crippen LogP contribution in [-0.2, 0) is 4.74 Å². The van der Waals surface area contributed by atoms with E-state index in [9.17, 15) is 9.18 Å². The number of piperidine rings is 1. The Kier molecular flexibility index (Phi) is 7.29. The third-order valence-electron chi connectivity index (χ3n) is 5.75. The van der Waals surface area contributed by atoms with Crippen molar-refractivity contribution in [1.82, 2.24) is 10.1 Å². The predicted octanol–water partition coefficient (Wildman–Crippen LogP) is 4.96. The summed E-state index contributed by atoms with van der Waals surface area (Å²) in [6.45, 7) is 4.99. The van der Waals surface area contributed by atoms with Gasteiger partial charge in [0, 0.05) is 29.5 Å². The highest BCUT2D eigenvalue weighted by Crippen LogP contribution is 2.32. The van der Waals surface area contributed by atoms with Crippen LogP contribution in [0.4, 0.5) is 4.39 Å². The third-order valence-corrected chi connectivity index (χ3v) is 5.75. The van der Waals surface area contributed by atoms with Crippen LogP contribution < -0.4 is 4.74 Å². The highest BCUT2D eigenvalue weighted by atomic mass is 19.1. The number of Topliss-reactive ketones (excluding diaryl/α,β-unsaturated/α-hetero) is 1. The lowest BCUT2D eigenvalue weighted by molar-refractivity contribution is 0.0305. The number of hydrogen-bond donors (Lipinski definition) is 0. The summed E-state index contributed by atoms with van der Waals surface area (Å²) in [6.07, 6.45) is 6.10. The van der Waals surface area contributed by atoms with Gasteiger partial charge in [-0.3, -0.25) is 9.69 Å². The van der Waals surface area contributed by atoms with Crippen LogP contribution in [0, 0.1) is 5.82 Å². The second kappa shape index (κ2) is 10.5. The Balaban J connectivity index is 1.13. The van der Waals surface area contributed by atoms with Crippen LogP contribution in [0.25, 0.3) is 11.0 Å². The molecule has 1 aromatic heterocycles. The van der Waals surface area contributed by atoms with Crippen molar-refractivity contribution in [1.29, 1.82) is 0 Å². The van der Waals surface area contributed by atoms with E-state index < -0.39 is 0 Å². The second-order valence-electron chi connectivity index (χ2n) is 7.97. The standard InChI is InChI=1S/C25H27FN2O4/c1-18(29)19-4-7-22(8-5-19)31-17-30-15-3-2-12-28-13-10-20(11-14-28)25-23-9-6-21(26)16-24(23)32-27-25/h2-9,16,20H,10-15,17H2,1H3/b3-2-. The average Bonchev–Trinajstić information content (AvgIpc) is 3.22. The van der Waals surface area contributed by atoms with Gasteiger partial charge in [-0.25, -0.2) is 4.39 Å². The first-order valence-corrected chi connectivity index (χ1v) is 10.8. The molecule has 3 aromatic rings. The second-order valence-corrected chi connectivity index (χ2v) is 7.97. The van der Waals surface area contributed by atoms with Crippen LogP contribution in [-0.4, -0.2) is 48.9 Å². The summed E-state index contributed by atoms with van der Waals surface area (Å²) in [7, 11) is 0. The minimum atomic E-state index is -0.305. The molecule has 0 unspecified atom stereocenters. The topological polar surface area (TPSA) is 64.8 Å². The number of hydrogen-bond acceptors (Lipinski definition) is 6. The highest BCUT2D eigenvalue weighted by molar-refractivity contribution is 5.94. The van der Waals surface area contributed by atoms with Crippen molar-refractivity contribution in [3.8, 4) is 5.75 Å². The van der Waals surface area contributed by atoms with Crippen molar-refractivity contribution in [2.45, 2.75) is 25.7 Å². The predicted molar refractivity (Wildman–Crippen MR) is 119 cm³/mol. The molecule has 7 heteroatoms. The number of ether oxygens (including phenoxy) is 2. The number of halogens is 1. The first kappa shape index (κ1) is 22.2. The fourth-order valence-electron chi connectivity index (χ4n) is 3.92. The molecule has 2 aromatic carbocycles. The molecule has 0 radical (unpaired) electrons.